The van der Waals surface area contributed by atoms with Crippen LogP contribution < -0.4 is 0 Å². The largest absolute Gasteiger partial charge is 0.481 e. The summed E-state index contributed by atoms with van der Waals surface area (Å²) >= 11 is 5.51. The van der Waals surface area contributed by atoms with Gasteiger partial charge in [0.15, 0.2) is 0 Å². The van der Waals surface area contributed by atoms with E-state index >= 15 is 0 Å². The molecule has 1 atom stereocenters. The van der Waals surface area contributed by atoms with Crippen molar-refractivity contribution in [2.75, 3.05) is 13.1 Å². The number of benzene rings is 2. The number of fused-ring (bicyclic) bond motifs is 1. The van der Waals surface area contributed by atoms with Gasteiger partial charge in [-0.3, -0.25) is 9.69 Å². The first-order chi connectivity index (χ1) is 12.6. The van der Waals surface area contributed by atoms with Crippen LogP contribution in [0.5, 0.6) is 0 Å². The average molecular weight is 430 g/mol. The van der Waals surface area contributed by atoms with E-state index in [1.807, 2.05) is 6.07 Å². The molecule has 0 saturated carbocycles. The minimum absolute atomic E-state index is 0.136. The van der Waals surface area contributed by atoms with Gasteiger partial charge in [0, 0.05) is 9.17 Å². The number of halogens is 1. The van der Waals surface area contributed by atoms with Gasteiger partial charge in [0.25, 0.3) is 0 Å². The molecule has 3 aromatic rings. The molecule has 1 fully saturated rings. The summed E-state index contributed by atoms with van der Waals surface area (Å²) in [4.78, 5) is 13.8. The Bertz CT molecular complexity index is 930. The van der Waals surface area contributed by atoms with E-state index < -0.39 is 5.97 Å². The number of carboxylic acids is 1. The van der Waals surface area contributed by atoms with E-state index in [0.717, 1.165) is 17.6 Å². The first-order valence-corrected chi connectivity index (χ1v) is 10.5. The lowest BCUT2D eigenvalue weighted by Crippen LogP contribution is -2.39. The van der Waals surface area contributed by atoms with Crippen molar-refractivity contribution >= 4 is 43.3 Å². The van der Waals surface area contributed by atoms with Crippen molar-refractivity contribution < 1.29 is 9.90 Å². The van der Waals surface area contributed by atoms with E-state index in [1.165, 1.54) is 21.2 Å². The number of nitrogens with zero attached hydrogens (tertiary/aromatic N) is 1. The second kappa shape index (κ2) is 7.51. The molecule has 0 spiro atoms. The highest BCUT2D eigenvalue weighted by Crippen LogP contribution is 2.41. The number of carbonyl (C=O) groups is 1. The zero-order valence-electron chi connectivity index (χ0n) is 14.3. The molecule has 0 radical (unpaired) electrons. The maximum Gasteiger partial charge on any atom is 0.306 e. The Kier molecular flexibility index (Phi) is 5.11. The molecule has 1 unspecified atom stereocenters. The minimum Gasteiger partial charge on any atom is -0.481 e. The molecule has 0 aliphatic carbocycles. The summed E-state index contributed by atoms with van der Waals surface area (Å²) in [6.45, 7) is 1.60. The van der Waals surface area contributed by atoms with Gasteiger partial charge < -0.3 is 5.11 Å². The van der Waals surface area contributed by atoms with E-state index in [2.05, 4.69) is 68.7 Å². The predicted octanol–water partition coefficient (Wildman–Crippen LogP) is 5.55. The molecule has 1 aliphatic heterocycles. The van der Waals surface area contributed by atoms with Crippen LogP contribution in [-0.4, -0.2) is 29.1 Å². The molecule has 2 heterocycles. The summed E-state index contributed by atoms with van der Waals surface area (Å²) in [6.07, 6.45) is 1.41. The molecule has 2 aromatic carbocycles. The van der Waals surface area contributed by atoms with Gasteiger partial charge in [-0.25, -0.2) is 0 Å². The SMILES string of the molecule is O=C(O)C1CCN(C(c2ccccc2Br)c2csc3ccccc23)CC1. The molecule has 1 aliphatic rings. The first kappa shape index (κ1) is 17.7. The van der Waals surface area contributed by atoms with E-state index in [9.17, 15) is 9.90 Å². The van der Waals surface area contributed by atoms with Gasteiger partial charge in [-0.15, -0.1) is 11.3 Å². The molecule has 134 valence electrons. The quantitative estimate of drug-likeness (QED) is 0.590. The minimum atomic E-state index is -0.664. The van der Waals surface area contributed by atoms with Crippen LogP contribution in [0.1, 0.15) is 30.0 Å². The topological polar surface area (TPSA) is 40.5 Å². The zero-order valence-corrected chi connectivity index (χ0v) is 16.7. The summed E-state index contributed by atoms with van der Waals surface area (Å²) in [5, 5.41) is 12.9. The number of likely N-dealkylation sites (tertiary alicyclic amines) is 1. The van der Waals surface area contributed by atoms with Gasteiger partial charge in [0.1, 0.15) is 0 Å². The molecule has 0 amide bonds. The number of thiophene rings is 1. The van der Waals surface area contributed by atoms with Gasteiger partial charge in [-0.2, -0.15) is 0 Å². The number of piperidine rings is 1. The smallest absolute Gasteiger partial charge is 0.306 e. The number of hydrogen-bond acceptors (Lipinski definition) is 3. The summed E-state index contributed by atoms with van der Waals surface area (Å²) in [5.74, 6) is -0.881. The molecule has 0 bridgehead atoms. The standard InChI is InChI=1S/C21H20BrNO2S/c22-18-7-3-1-6-16(18)20(23-11-9-14(10-12-23)21(24)25)17-13-26-19-8-4-2-5-15(17)19/h1-8,13-14,20H,9-12H2,(H,24,25). The number of rotatable bonds is 4. The molecular formula is C21H20BrNO2S. The Hall–Kier alpha value is -1.69. The maximum atomic E-state index is 11.3. The Balaban J connectivity index is 1.76. The third kappa shape index (κ3) is 3.31. The van der Waals surface area contributed by atoms with E-state index in [0.29, 0.717) is 12.8 Å². The lowest BCUT2D eigenvalue weighted by molar-refractivity contribution is -0.143. The van der Waals surface area contributed by atoms with Gasteiger partial charge in [-0.1, -0.05) is 52.3 Å². The van der Waals surface area contributed by atoms with Crippen LogP contribution in [0.3, 0.4) is 0 Å². The molecule has 26 heavy (non-hydrogen) atoms. The normalized spacial score (nSPS) is 17.4. The summed E-state index contributed by atoms with van der Waals surface area (Å²) in [5.41, 5.74) is 2.55. The Morgan fingerprint density at radius 2 is 1.77 bits per heavy atom. The maximum absolute atomic E-state index is 11.3. The van der Waals surface area contributed by atoms with Crippen molar-refractivity contribution in [3.05, 3.63) is 69.5 Å². The van der Waals surface area contributed by atoms with Crippen molar-refractivity contribution in [2.45, 2.75) is 18.9 Å². The third-order valence-corrected chi connectivity index (χ3v) is 6.95. The molecule has 1 saturated heterocycles. The molecule has 1 aromatic heterocycles. The number of hydrogen-bond donors (Lipinski definition) is 1. The van der Waals surface area contributed by atoms with E-state index in [-0.39, 0.29) is 12.0 Å². The van der Waals surface area contributed by atoms with Crippen molar-refractivity contribution in [1.29, 1.82) is 0 Å². The third-order valence-electron chi connectivity index (χ3n) is 5.25. The molecule has 5 heteroatoms. The van der Waals surface area contributed by atoms with Crippen LogP contribution in [0.4, 0.5) is 0 Å². The van der Waals surface area contributed by atoms with Crippen molar-refractivity contribution in [1.82, 2.24) is 4.90 Å². The first-order valence-electron chi connectivity index (χ1n) is 8.82. The van der Waals surface area contributed by atoms with Gasteiger partial charge in [-0.05, 0) is 60.0 Å². The zero-order chi connectivity index (χ0) is 18.1. The van der Waals surface area contributed by atoms with Crippen LogP contribution >= 0.6 is 27.3 Å². The highest BCUT2D eigenvalue weighted by Gasteiger charge is 2.32. The van der Waals surface area contributed by atoms with Gasteiger partial charge in [0.2, 0.25) is 0 Å². The second-order valence-corrected chi connectivity index (χ2v) is 8.53. The van der Waals surface area contributed by atoms with Crippen LogP contribution in [-0.2, 0) is 4.79 Å². The average Bonchev–Trinajstić information content (AvgIpc) is 3.08. The summed E-state index contributed by atoms with van der Waals surface area (Å²) in [7, 11) is 0. The lowest BCUT2D eigenvalue weighted by Gasteiger charge is -2.37. The predicted molar refractivity (Wildman–Crippen MR) is 110 cm³/mol. The summed E-state index contributed by atoms with van der Waals surface area (Å²) < 4.78 is 2.39. The lowest BCUT2D eigenvalue weighted by atomic mass is 9.91. The van der Waals surface area contributed by atoms with Crippen LogP contribution in [0.2, 0.25) is 0 Å². The van der Waals surface area contributed by atoms with Gasteiger partial charge in [0.05, 0.1) is 12.0 Å². The van der Waals surface area contributed by atoms with Crippen molar-refractivity contribution in [3.8, 4) is 0 Å². The highest BCUT2D eigenvalue weighted by molar-refractivity contribution is 9.10. The fraction of sp³-hybridized carbons (Fsp3) is 0.286. The van der Waals surface area contributed by atoms with Crippen LogP contribution in [0.25, 0.3) is 10.1 Å². The number of aliphatic carboxylic acids is 1. The summed E-state index contributed by atoms with van der Waals surface area (Å²) in [6, 6.07) is 17.0. The Morgan fingerprint density at radius 1 is 1.08 bits per heavy atom. The van der Waals surface area contributed by atoms with Crippen molar-refractivity contribution in [2.24, 2.45) is 5.92 Å². The van der Waals surface area contributed by atoms with E-state index in [1.54, 1.807) is 11.3 Å². The molecule has 3 nitrogen and oxygen atoms in total. The Labute approximate surface area is 165 Å². The monoisotopic (exact) mass is 429 g/mol. The fourth-order valence-electron chi connectivity index (χ4n) is 3.87. The van der Waals surface area contributed by atoms with E-state index in [4.69, 9.17) is 0 Å². The Morgan fingerprint density at radius 3 is 2.50 bits per heavy atom. The fourth-order valence-corrected chi connectivity index (χ4v) is 5.35. The van der Waals surface area contributed by atoms with Crippen LogP contribution in [0.15, 0.2) is 58.4 Å². The van der Waals surface area contributed by atoms with Gasteiger partial charge >= 0.3 is 5.97 Å². The van der Waals surface area contributed by atoms with Crippen molar-refractivity contribution in [3.63, 3.8) is 0 Å². The molecular weight excluding hydrogens is 410 g/mol. The molecule has 4 rings (SSSR count). The second-order valence-electron chi connectivity index (χ2n) is 6.76. The highest BCUT2D eigenvalue weighted by atomic mass is 79.9. The molecule has 1 N–H and O–H groups in total. The van der Waals surface area contributed by atoms with Crippen LogP contribution in [0, 0.1) is 5.92 Å². The number of carboxylic acid groups (broad SMARTS) is 1.